The normalized spacial score (nSPS) is 18.5. The van der Waals surface area contributed by atoms with Crippen LogP contribution in [-0.4, -0.2) is 106 Å². The zero-order valence-electron chi connectivity index (χ0n) is 38.6. The zero-order valence-corrected chi connectivity index (χ0v) is 38.6. The van der Waals surface area contributed by atoms with E-state index in [4.69, 9.17) is 28.8 Å². The van der Waals surface area contributed by atoms with Crippen molar-refractivity contribution in [3.8, 4) is 17.2 Å². The number of carbonyl (C=O) groups excluding carboxylic acids is 7. The van der Waals surface area contributed by atoms with Gasteiger partial charge in [-0.1, -0.05) is 78.9 Å². The van der Waals surface area contributed by atoms with Crippen molar-refractivity contribution in [2.45, 2.75) is 70.7 Å². The van der Waals surface area contributed by atoms with Crippen LogP contribution in [0.1, 0.15) is 84.6 Å². The number of carboxylic acid groups (broad SMARTS) is 1. The van der Waals surface area contributed by atoms with Gasteiger partial charge in [0.15, 0.2) is 0 Å². The SMILES string of the molecule is O=C1CCC(N2C(=O)c3cccc(OCc4ccc(CN5CCOCC5)cc4)c3C2=O)C(=O)N1.O=C1CCC(N2Cc3c(OCc4ccc(COc5ccccc5)cc4)cccc3C2=O)C(=O)N1.O=CO. The predicted octanol–water partition coefficient (Wildman–Crippen LogP) is 4.81. The van der Waals surface area contributed by atoms with Gasteiger partial charge in [-0.05, 0) is 71.5 Å². The number of carbonyl (C=O) groups is 8. The van der Waals surface area contributed by atoms with Crippen molar-refractivity contribution in [1.29, 1.82) is 0 Å². The van der Waals surface area contributed by atoms with Gasteiger partial charge in [-0.2, -0.15) is 0 Å². The molecule has 5 aliphatic rings. The van der Waals surface area contributed by atoms with E-state index in [0.717, 1.165) is 65.8 Å². The second-order valence-electron chi connectivity index (χ2n) is 17.1. The van der Waals surface area contributed by atoms with Crippen LogP contribution in [-0.2, 0) is 61.6 Å². The molecule has 3 fully saturated rings. The molecule has 18 heteroatoms. The Balaban J connectivity index is 0.000000181. The van der Waals surface area contributed by atoms with Crippen LogP contribution in [0.4, 0.5) is 0 Å². The van der Waals surface area contributed by atoms with Crippen molar-refractivity contribution >= 4 is 47.8 Å². The summed E-state index contributed by atoms with van der Waals surface area (Å²) in [4.78, 5) is 99.7. The zero-order chi connectivity index (χ0) is 49.9. The lowest BCUT2D eigenvalue weighted by molar-refractivity contribution is -0.138. The van der Waals surface area contributed by atoms with Crippen LogP contribution in [0, 0.1) is 0 Å². The first-order valence-electron chi connectivity index (χ1n) is 23.1. The van der Waals surface area contributed by atoms with E-state index in [1.54, 1.807) is 30.3 Å². The third-order valence-electron chi connectivity index (χ3n) is 12.5. The highest BCUT2D eigenvalue weighted by molar-refractivity contribution is 6.24. The summed E-state index contributed by atoms with van der Waals surface area (Å²) in [7, 11) is 0. The summed E-state index contributed by atoms with van der Waals surface area (Å²) in [6, 6.07) is 34.3. The van der Waals surface area contributed by atoms with E-state index in [-0.39, 0.29) is 61.8 Å². The fourth-order valence-electron chi connectivity index (χ4n) is 8.79. The second-order valence-corrected chi connectivity index (χ2v) is 17.1. The second kappa shape index (κ2) is 22.9. The number of hydrogen-bond donors (Lipinski definition) is 3. The van der Waals surface area contributed by atoms with Crippen LogP contribution in [0.5, 0.6) is 17.2 Å². The first kappa shape index (κ1) is 49.2. The van der Waals surface area contributed by atoms with Crippen molar-refractivity contribution in [1.82, 2.24) is 25.3 Å². The lowest BCUT2D eigenvalue weighted by atomic mass is 10.0. The molecule has 0 bridgehead atoms. The average molecular weight is 966 g/mol. The highest BCUT2D eigenvalue weighted by atomic mass is 16.5. The summed E-state index contributed by atoms with van der Waals surface area (Å²) in [5.41, 5.74) is 5.84. The van der Waals surface area contributed by atoms with Gasteiger partial charge in [0.25, 0.3) is 24.2 Å². The van der Waals surface area contributed by atoms with Crippen LogP contribution in [0.2, 0.25) is 0 Å². The molecule has 0 spiro atoms. The molecule has 0 radical (unpaired) electrons. The molecule has 5 aromatic rings. The summed E-state index contributed by atoms with van der Waals surface area (Å²) in [5, 5.41) is 11.4. The summed E-state index contributed by atoms with van der Waals surface area (Å²) >= 11 is 0. The topological polar surface area (TPSA) is 227 Å². The summed E-state index contributed by atoms with van der Waals surface area (Å²) in [5.74, 6) is -1.35. The van der Waals surface area contributed by atoms with Crippen LogP contribution in [0.3, 0.4) is 0 Å². The van der Waals surface area contributed by atoms with Gasteiger partial charge in [0.1, 0.15) is 49.2 Å². The maximum Gasteiger partial charge on any atom is 0.290 e. The van der Waals surface area contributed by atoms with E-state index >= 15 is 0 Å². The van der Waals surface area contributed by atoms with Crippen molar-refractivity contribution in [3.63, 3.8) is 0 Å². The molecule has 3 saturated heterocycles. The Morgan fingerprint density at radius 1 is 0.577 bits per heavy atom. The highest BCUT2D eigenvalue weighted by Crippen LogP contribution is 2.35. The maximum atomic E-state index is 13.1. The molecule has 71 heavy (non-hydrogen) atoms. The van der Waals surface area contributed by atoms with Crippen molar-refractivity contribution in [2.24, 2.45) is 0 Å². The Morgan fingerprint density at radius 2 is 1.10 bits per heavy atom. The first-order chi connectivity index (χ1) is 34.5. The molecule has 10 rings (SSSR count). The van der Waals surface area contributed by atoms with E-state index < -0.39 is 41.6 Å². The van der Waals surface area contributed by atoms with Crippen LogP contribution in [0.25, 0.3) is 0 Å². The molecule has 3 N–H and O–H groups in total. The number of fused-ring (bicyclic) bond motifs is 2. The monoisotopic (exact) mass is 965 g/mol. The third-order valence-corrected chi connectivity index (χ3v) is 12.5. The van der Waals surface area contributed by atoms with Gasteiger partial charge in [0.05, 0.1) is 30.9 Å². The van der Waals surface area contributed by atoms with Crippen LogP contribution < -0.4 is 24.8 Å². The number of nitrogens with one attached hydrogen (secondary N) is 2. The van der Waals surface area contributed by atoms with E-state index in [9.17, 15) is 33.6 Å². The molecule has 0 aliphatic carbocycles. The largest absolute Gasteiger partial charge is 0.489 e. The maximum absolute atomic E-state index is 13.1. The summed E-state index contributed by atoms with van der Waals surface area (Å²) in [6.07, 6.45) is 0.755. The molecule has 7 amide bonds. The van der Waals surface area contributed by atoms with E-state index in [2.05, 4.69) is 27.7 Å². The van der Waals surface area contributed by atoms with Crippen LogP contribution >= 0.6 is 0 Å². The van der Waals surface area contributed by atoms with E-state index in [0.29, 0.717) is 36.7 Å². The molecule has 366 valence electrons. The third kappa shape index (κ3) is 11.8. The number of rotatable bonds is 13. The minimum absolute atomic E-state index is 0.0781. The molecule has 18 nitrogen and oxygen atoms in total. The van der Waals surface area contributed by atoms with Crippen molar-refractivity contribution < 1.29 is 62.4 Å². The van der Waals surface area contributed by atoms with Gasteiger partial charge >= 0.3 is 0 Å². The number of hydrogen-bond acceptors (Lipinski definition) is 13. The average Bonchev–Trinajstić information content (AvgIpc) is 3.85. The van der Waals surface area contributed by atoms with E-state index in [1.807, 2.05) is 72.8 Å². The lowest BCUT2D eigenvalue weighted by Gasteiger charge is -2.29. The molecular weight excluding hydrogens is 915 g/mol. The number of imide groups is 3. The Bertz CT molecular complexity index is 2800. The summed E-state index contributed by atoms with van der Waals surface area (Å²) < 4.78 is 23.2. The Hall–Kier alpha value is -8.22. The lowest BCUT2D eigenvalue weighted by Crippen LogP contribution is -2.54. The number of piperidine rings is 2. The number of benzene rings is 5. The number of morpholine rings is 1. The Morgan fingerprint density at radius 3 is 1.69 bits per heavy atom. The predicted molar refractivity (Wildman–Crippen MR) is 253 cm³/mol. The Kier molecular flexibility index (Phi) is 15.9. The number of ether oxygens (including phenoxy) is 4. The van der Waals surface area contributed by atoms with Gasteiger partial charge in [0.2, 0.25) is 23.6 Å². The fraction of sp³-hybridized carbons (Fsp3) is 0.283. The molecule has 2 unspecified atom stereocenters. The molecule has 5 aliphatic heterocycles. The number of nitrogens with zero attached hydrogens (tertiary/aromatic N) is 3. The molecule has 2 atom stereocenters. The van der Waals surface area contributed by atoms with Gasteiger partial charge in [-0.25, -0.2) is 0 Å². The van der Waals surface area contributed by atoms with Gasteiger partial charge in [-0.3, -0.25) is 58.8 Å². The minimum atomic E-state index is -1.00. The smallest absolute Gasteiger partial charge is 0.290 e. The fourth-order valence-corrected chi connectivity index (χ4v) is 8.79. The van der Waals surface area contributed by atoms with Gasteiger partial charge < -0.3 is 29.0 Å². The molecule has 5 aromatic carbocycles. The minimum Gasteiger partial charge on any atom is -0.489 e. The highest BCUT2D eigenvalue weighted by Gasteiger charge is 2.46. The molecule has 0 aromatic heterocycles. The first-order valence-corrected chi connectivity index (χ1v) is 23.1. The molecule has 5 heterocycles. The number of para-hydroxylation sites is 1. The molecular formula is C53H51N5O13. The van der Waals surface area contributed by atoms with Crippen molar-refractivity contribution in [2.75, 3.05) is 26.3 Å². The van der Waals surface area contributed by atoms with Gasteiger partial charge in [0, 0.05) is 43.6 Å². The van der Waals surface area contributed by atoms with E-state index in [1.165, 1.54) is 10.5 Å². The quantitative estimate of drug-likeness (QED) is 0.106. The standard InChI is InChI=1S/C27H24N2O5.C25H25N3O6.CH2O2/c30-25-14-13-23(26(31)28-25)29-15-22-21(27(29)32)7-4-8-24(22)34-17-19-11-9-18(10-12-19)16-33-20-5-2-1-3-6-20;29-21-9-8-19(23(30)26-21)28-24(31)18-2-1-3-20(22(18)25(28)32)34-15-17-6-4-16(5-7-17)14-27-10-12-33-13-11-27;2-1-3/h1-12,23H,13-17H2,(H,28,30,31);1-7,19H,8-15H2,(H,26,29,30);1H,(H,2,3). The number of amides is 7. The molecule has 0 saturated carbocycles. The van der Waals surface area contributed by atoms with Crippen molar-refractivity contribution in [3.05, 3.63) is 160 Å². The van der Waals surface area contributed by atoms with Crippen LogP contribution in [0.15, 0.2) is 115 Å². The Labute approximate surface area is 408 Å². The van der Waals surface area contributed by atoms with Gasteiger partial charge in [-0.15, -0.1) is 0 Å². The summed E-state index contributed by atoms with van der Waals surface area (Å²) in [6.45, 7) is 5.33.